The molecule has 0 bridgehead atoms. The van der Waals surface area contributed by atoms with Gasteiger partial charge in [0, 0.05) is 13.1 Å². The van der Waals surface area contributed by atoms with Crippen molar-refractivity contribution in [1.82, 2.24) is 4.31 Å². The van der Waals surface area contributed by atoms with E-state index < -0.39 is 57.2 Å². The van der Waals surface area contributed by atoms with Crippen LogP contribution in [0, 0.1) is 29.1 Å². The summed E-state index contributed by atoms with van der Waals surface area (Å²) in [7, 11) is -2.88. The molecule has 0 spiro atoms. The summed E-state index contributed by atoms with van der Waals surface area (Å²) in [4.78, 5) is 12.0. The molecule has 1 aliphatic rings. The Morgan fingerprint density at radius 2 is 1.56 bits per heavy atom. The van der Waals surface area contributed by atoms with Crippen molar-refractivity contribution in [3.05, 3.63) is 58.4 Å². The van der Waals surface area contributed by atoms with Crippen LogP contribution in [0.1, 0.15) is 15.9 Å². The van der Waals surface area contributed by atoms with Gasteiger partial charge in [-0.3, -0.25) is 0 Å². The standard InChI is InChI=1S/C19H16F5NO6S/c1-29-12-3-2-10(8-13(12)32(27,28)25-4-6-30-7-5-25)19(26)31-9-11-14(20)16(22)18(24)17(23)15(11)21/h2-3,8H,4-7,9H2,1H3. The van der Waals surface area contributed by atoms with Crippen molar-refractivity contribution >= 4 is 16.0 Å². The molecule has 0 unspecified atom stereocenters. The molecule has 2 aromatic carbocycles. The van der Waals surface area contributed by atoms with Crippen LogP contribution in [0.5, 0.6) is 5.75 Å². The van der Waals surface area contributed by atoms with Crippen LogP contribution in [-0.4, -0.2) is 52.1 Å². The lowest BCUT2D eigenvalue weighted by Gasteiger charge is -2.26. The van der Waals surface area contributed by atoms with Crippen LogP contribution in [0.4, 0.5) is 22.0 Å². The van der Waals surface area contributed by atoms with Crippen molar-refractivity contribution in [3.8, 4) is 5.75 Å². The molecule has 1 saturated heterocycles. The normalized spacial score (nSPS) is 14.9. The predicted octanol–water partition coefficient (Wildman–Crippen LogP) is 2.77. The first-order valence-electron chi connectivity index (χ1n) is 9.03. The Bertz CT molecular complexity index is 1120. The lowest BCUT2D eigenvalue weighted by atomic mass is 10.1. The third-order valence-electron chi connectivity index (χ3n) is 4.64. The van der Waals surface area contributed by atoms with Crippen LogP contribution >= 0.6 is 0 Å². The second kappa shape index (κ2) is 9.38. The van der Waals surface area contributed by atoms with E-state index in [-0.39, 0.29) is 42.5 Å². The fourth-order valence-corrected chi connectivity index (χ4v) is 4.52. The van der Waals surface area contributed by atoms with Gasteiger partial charge in [0.15, 0.2) is 23.3 Å². The van der Waals surface area contributed by atoms with Gasteiger partial charge in [-0.25, -0.2) is 35.2 Å². The number of hydrogen-bond donors (Lipinski definition) is 0. The number of carbonyl (C=O) groups excluding carboxylic acids is 1. The number of methoxy groups -OCH3 is 1. The van der Waals surface area contributed by atoms with Gasteiger partial charge in [-0.2, -0.15) is 4.31 Å². The van der Waals surface area contributed by atoms with Crippen molar-refractivity contribution in [2.45, 2.75) is 11.5 Å². The van der Waals surface area contributed by atoms with Crippen molar-refractivity contribution in [3.63, 3.8) is 0 Å². The SMILES string of the molecule is COc1ccc(C(=O)OCc2c(F)c(F)c(F)c(F)c2F)cc1S(=O)(=O)N1CCOCC1. The lowest BCUT2D eigenvalue weighted by Crippen LogP contribution is -2.40. The Hall–Kier alpha value is -2.77. The summed E-state index contributed by atoms with van der Waals surface area (Å²) >= 11 is 0. The Labute approximate surface area is 179 Å². The zero-order valence-electron chi connectivity index (χ0n) is 16.5. The molecule has 174 valence electrons. The zero-order chi connectivity index (χ0) is 23.6. The Balaban J connectivity index is 1.88. The van der Waals surface area contributed by atoms with E-state index in [1.165, 1.54) is 13.2 Å². The molecular formula is C19H16F5NO6S. The van der Waals surface area contributed by atoms with E-state index in [9.17, 15) is 35.2 Å². The van der Waals surface area contributed by atoms with Crippen LogP contribution < -0.4 is 4.74 Å². The third kappa shape index (κ3) is 4.40. The van der Waals surface area contributed by atoms with E-state index in [0.717, 1.165) is 16.4 Å². The molecule has 1 heterocycles. The highest BCUT2D eigenvalue weighted by Crippen LogP contribution is 2.29. The van der Waals surface area contributed by atoms with Crippen LogP contribution in [0.15, 0.2) is 23.1 Å². The highest BCUT2D eigenvalue weighted by molar-refractivity contribution is 7.89. The summed E-state index contributed by atoms with van der Waals surface area (Å²) in [6, 6.07) is 3.23. The molecule has 1 aliphatic heterocycles. The second-order valence-electron chi connectivity index (χ2n) is 6.51. The molecule has 7 nitrogen and oxygen atoms in total. The van der Waals surface area contributed by atoms with Crippen LogP contribution in [0.2, 0.25) is 0 Å². The van der Waals surface area contributed by atoms with E-state index >= 15 is 0 Å². The molecule has 0 saturated carbocycles. The number of benzene rings is 2. The molecule has 0 amide bonds. The minimum absolute atomic E-state index is 0.0699. The van der Waals surface area contributed by atoms with Gasteiger partial charge in [0.2, 0.25) is 15.8 Å². The maximum Gasteiger partial charge on any atom is 0.338 e. The van der Waals surface area contributed by atoms with E-state index in [4.69, 9.17) is 9.47 Å². The summed E-state index contributed by atoms with van der Waals surface area (Å²) in [6.07, 6.45) is 0. The minimum Gasteiger partial charge on any atom is -0.495 e. The molecule has 0 atom stereocenters. The van der Waals surface area contributed by atoms with Gasteiger partial charge in [-0.15, -0.1) is 0 Å². The van der Waals surface area contributed by atoms with Crippen LogP contribution in [0.3, 0.4) is 0 Å². The molecular weight excluding hydrogens is 465 g/mol. The fourth-order valence-electron chi connectivity index (χ4n) is 2.93. The van der Waals surface area contributed by atoms with E-state index in [1.807, 2.05) is 0 Å². The van der Waals surface area contributed by atoms with E-state index in [1.54, 1.807) is 0 Å². The first-order chi connectivity index (χ1) is 15.1. The fraction of sp³-hybridized carbons (Fsp3) is 0.316. The topological polar surface area (TPSA) is 82.1 Å². The molecule has 32 heavy (non-hydrogen) atoms. The summed E-state index contributed by atoms with van der Waals surface area (Å²) in [5.74, 6) is -12.3. The molecule has 0 radical (unpaired) electrons. The van der Waals surface area contributed by atoms with Gasteiger partial charge in [-0.05, 0) is 18.2 Å². The zero-order valence-corrected chi connectivity index (χ0v) is 17.3. The molecule has 2 aromatic rings. The van der Waals surface area contributed by atoms with Crippen molar-refractivity contribution in [1.29, 1.82) is 0 Å². The molecule has 0 aliphatic carbocycles. The largest absolute Gasteiger partial charge is 0.495 e. The highest BCUT2D eigenvalue weighted by atomic mass is 32.2. The number of rotatable bonds is 6. The predicted molar refractivity (Wildman–Crippen MR) is 97.9 cm³/mol. The minimum atomic E-state index is -4.10. The first kappa shape index (κ1) is 23.9. The second-order valence-corrected chi connectivity index (χ2v) is 8.41. The van der Waals surface area contributed by atoms with Gasteiger partial charge in [0.25, 0.3) is 0 Å². The van der Waals surface area contributed by atoms with Crippen molar-refractivity contribution in [2.24, 2.45) is 0 Å². The van der Waals surface area contributed by atoms with Crippen molar-refractivity contribution in [2.75, 3.05) is 33.4 Å². The maximum atomic E-state index is 13.8. The average molecular weight is 481 g/mol. The third-order valence-corrected chi connectivity index (χ3v) is 6.56. The molecule has 0 N–H and O–H groups in total. The molecule has 13 heteroatoms. The number of carbonyl (C=O) groups is 1. The molecule has 3 rings (SSSR count). The van der Waals surface area contributed by atoms with Gasteiger partial charge < -0.3 is 14.2 Å². The van der Waals surface area contributed by atoms with E-state index in [2.05, 4.69) is 4.74 Å². The van der Waals surface area contributed by atoms with Gasteiger partial charge in [0.05, 0.1) is 31.5 Å². The maximum absolute atomic E-state index is 13.8. The Morgan fingerprint density at radius 1 is 1.00 bits per heavy atom. The molecule has 0 aromatic heterocycles. The monoisotopic (exact) mass is 481 g/mol. The average Bonchev–Trinajstić information content (AvgIpc) is 2.81. The van der Waals surface area contributed by atoms with Crippen LogP contribution in [-0.2, 0) is 26.1 Å². The van der Waals surface area contributed by atoms with Gasteiger partial charge in [0.1, 0.15) is 17.3 Å². The summed E-state index contributed by atoms with van der Waals surface area (Å²) in [5.41, 5.74) is -1.69. The number of esters is 1. The smallest absolute Gasteiger partial charge is 0.338 e. The number of ether oxygens (including phenoxy) is 3. The summed E-state index contributed by atoms with van der Waals surface area (Å²) in [5, 5.41) is 0. The first-order valence-corrected chi connectivity index (χ1v) is 10.5. The summed E-state index contributed by atoms with van der Waals surface area (Å²) < 4.78 is 109. The number of hydrogen-bond acceptors (Lipinski definition) is 6. The Morgan fingerprint density at radius 3 is 2.12 bits per heavy atom. The van der Waals surface area contributed by atoms with Gasteiger partial charge in [-0.1, -0.05) is 0 Å². The van der Waals surface area contributed by atoms with E-state index in [0.29, 0.717) is 0 Å². The Kier molecular flexibility index (Phi) is 7.00. The number of nitrogens with zero attached hydrogens (tertiary/aromatic N) is 1. The number of morpholine rings is 1. The molecule has 1 fully saturated rings. The number of sulfonamides is 1. The number of halogens is 5. The van der Waals surface area contributed by atoms with Gasteiger partial charge >= 0.3 is 5.97 Å². The lowest BCUT2D eigenvalue weighted by molar-refractivity contribution is 0.0461. The van der Waals surface area contributed by atoms with Crippen molar-refractivity contribution < 1.29 is 49.4 Å². The summed E-state index contributed by atoms with van der Waals surface area (Å²) in [6.45, 7) is -0.792. The highest BCUT2D eigenvalue weighted by Gasteiger charge is 2.31. The quantitative estimate of drug-likeness (QED) is 0.273. The van der Waals surface area contributed by atoms with Crippen LogP contribution in [0.25, 0.3) is 0 Å².